The van der Waals surface area contributed by atoms with E-state index in [0.717, 1.165) is 24.2 Å². The normalized spacial score (nSPS) is 13.1. The van der Waals surface area contributed by atoms with Crippen molar-refractivity contribution in [1.82, 2.24) is 9.38 Å². The van der Waals surface area contributed by atoms with Crippen molar-refractivity contribution in [1.29, 1.82) is 0 Å². The molecule has 0 N–H and O–H groups in total. The molecule has 0 saturated carbocycles. The van der Waals surface area contributed by atoms with E-state index in [4.69, 9.17) is 9.72 Å². The molecule has 2 aromatic heterocycles. The van der Waals surface area contributed by atoms with Gasteiger partial charge in [-0.05, 0) is 36.6 Å². The number of rotatable bonds is 4. The number of aromatic nitrogens is 2. The molecule has 0 unspecified atom stereocenters. The SMILES string of the molecule is C=C(OCC)c1cc(C)cn2c(=O)cc(N3Cc4ccccc4C3)nc12. The van der Waals surface area contributed by atoms with Gasteiger partial charge in [0.05, 0.1) is 12.2 Å². The van der Waals surface area contributed by atoms with Gasteiger partial charge >= 0.3 is 0 Å². The lowest BCUT2D eigenvalue weighted by Gasteiger charge is -2.18. The fourth-order valence-electron chi connectivity index (χ4n) is 3.44. The number of hydrogen-bond acceptors (Lipinski definition) is 4. The number of benzene rings is 1. The Bertz CT molecular complexity index is 1040. The van der Waals surface area contributed by atoms with Crippen LogP contribution in [-0.2, 0) is 17.8 Å². The van der Waals surface area contributed by atoms with Crippen molar-refractivity contribution in [2.75, 3.05) is 11.5 Å². The highest BCUT2D eigenvalue weighted by Crippen LogP contribution is 2.27. The van der Waals surface area contributed by atoms with Crippen LogP contribution >= 0.6 is 0 Å². The van der Waals surface area contributed by atoms with Gasteiger partial charge in [0.15, 0.2) is 5.65 Å². The zero-order valence-electron chi connectivity index (χ0n) is 15.0. The lowest BCUT2D eigenvalue weighted by Crippen LogP contribution is -2.22. The number of hydrogen-bond donors (Lipinski definition) is 0. The van der Waals surface area contributed by atoms with Crippen LogP contribution in [0, 0.1) is 6.92 Å². The molecule has 0 saturated heterocycles. The van der Waals surface area contributed by atoms with Crippen LogP contribution in [-0.4, -0.2) is 16.0 Å². The zero-order valence-corrected chi connectivity index (χ0v) is 15.0. The van der Waals surface area contributed by atoms with Crippen LogP contribution in [0.1, 0.15) is 29.2 Å². The first-order valence-electron chi connectivity index (χ1n) is 8.74. The molecule has 3 aromatic rings. The lowest BCUT2D eigenvalue weighted by molar-refractivity contribution is 0.299. The van der Waals surface area contributed by atoms with E-state index >= 15 is 0 Å². The van der Waals surface area contributed by atoms with Gasteiger partial charge in [-0.15, -0.1) is 0 Å². The second-order valence-electron chi connectivity index (χ2n) is 6.56. The van der Waals surface area contributed by atoms with Crippen LogP contribution < -0.4 is 10.5 Å². The van der Waals surface area contributed by atoms with E-state index < -0.39 is 0 Å². The van der Waals surface area contributed by atoms with Crippen LogP contribution in [0.15, 0.2) is 54.0 Å². The van der Waals surface area contributed by atoms with Gasteiger partial charge < -0.3 is 9.64 Å². The van der Waals surface area contributed by atoms with Crippen molar-refractivity contribution >= 4 is 17.2 Å². The molecule has 0 aliphatic carbocycles. The highest BCUT2D eigenvalue weighted by Gasteiger charge is 2.21. The zero-order chi connectivity index (χ0) is 18.3. The second-order valence-corrected chi connectivity index (χ2v) is 6.56. The molecule has 26 heavy (non-hydrogen) atoms. The molecular formula is C21H21N3O2. The van der Waals surface area contributed by atoms with Crippen LogP contribution in [0.3, 0.4) is 0 Å². The van der Waals surface area contributed by atoms with Gasteiger partial charge in [-0.3, -0.25) is 9.20 Å². The number of aryl methyl sites for hydroxylation is 1. The molecule has 0 fully saturated rings. The van der Waals surface area contributed by atoms with Crippen molar-refractivity contribution in [3.63, 3.8) is 0 Å². The van der Waals surface area contributed by atoms with Gasteiger partial charge in [-0.25, -0.2) is 4.98 Å². The first-order chi connectivity index (χ1) is 12.6. The summed E-state index contributed by atoms with van der Waals surface area (Å²) in [6, 6.07) is 11.9. The molecule has 1 aliphatic heterocycles. The molecule has 1 aliphatic rings. The van der Waals surface area contributed by atoms with Crippen molar-refractivity contribution in [2.45, 2.75) is 26.9 Å². The standard InChI is InChI=1S/C21H21N3O2/c1-4-26-15(3)18-9-14(2)11-24-20(25)10-19(22-21(18)24)23-12-16-7-5-6-8-17(16)13-23/h5-11H,3-4,12-13H2,1-2H3. The summed E-state index contributed by atoms with van der Waals surface area (Å²) in [5, 5.41) is 0. The van der Waals surface area contributed by atoms with Crippen LogP contribution in [0.4, 0.5) is 5.82 Å². The largest absolute Gasteiger partial charge is 0.494 e. The average molecular weight is 347 g/mol. The molecule has 0 amide bonds. The third kappa shape index (κ3) is 2.75. The van der Waals surface area contributed by atoms with Crippen molar-refractivity contribution in [3.8, 4) is 0 Å². The topological polar surface area (TPSA) is 46.8 Å². The Labute approximate surface area is 152 Å². The Balaban J connectivity index is 1.83. The summed E-state index contributed by atoms with van der Waals surface area (Å²) in [6.45, 7) is 9.89. The van der Waals surface area contributed by atoms with Gasteiger partial charge in [0.2, 0.25) is 0 Å². The summed E-state index contributed by atoms with van der Waals surface area (Å²) in [7, 11) is 0. The predicted molar refractivity (Wildman–Crippen MR) is 103 cm³/mol. The van der Waals surface area contributed by atoms with Gasteiger partial charge in [-0.2, -0.15) is 0 Å². The van der Waals surface area contributed by atoms with Crippen LogP contribution in [0.25, 0.3) is 11.4 Å². The molecule has 5 nitrogen and oxygen atoms in total. The van der Waals surface area contributed by atoms with E-state index in [1.54, 1.807) is 16.7 Å². The number of fused-ring (bicyclic) bond motifs is 2. The Hall–Kier alpha value is -3.08. The molecule has 3 heterocycles. The molecular weight excluding hydrogens is 326 g/mol. The fourth-order valence-corrected chi connectivity index (χ4v) is 3.44. The van der Waals surface area contributed by atoms with E-state index in [2.05, 4.69) is 23.6 Å². The predicted octanol–water partition coefficient (Wildman–Crippen LogP) is 3.53. The highest BCUT2D eigenvalue weighted by atomic mass is 16.5. The summed E-state index contributed by atoms with van der Waals surface area (Å²) in [4.78, 5) is 19.7. The number of ether oxygens (including phenoxy) is 1. The Kier molecular flexibility index (Phi) is 3.99. The highest BCUT2D eigenvalue weighted by molar-refractivity contribution is 5.72. The fraction of sp³-hybridized carbons (Fsp3) is 0.238. The summed E-state index contributed by atoms with van der Waals surface area (Å²) >= 11 is 0. The smallest absolute Gasteiger partial charge is 0.259 e. The quantitative estimate of drug-likeness (QED) is 0.678. The molecule has 5 heteroatoms. The minimum atomic E-state index is -0.102. The Morgan fingerprint density at radius 2 is 1.92 bits per heavy atom. The van der Waals surface area contributed by atoms with Crippen molar-refractivity contribution in [2.24, 2.45) is 0 Å². The molecule has 4 rings (SSSR count). The van der Waals surface area contributed by atoms with Gasteiger partial charge in [0.25, 0.3) is 5.56 Å². The molecule has 0 bridgehead atoms. The Morgan fingerprint density at radius 1 is 1.23 bits per heavy atom. The summed E-state index contributed by atoms with van der Waals surface area (Å²) < 4.78 is 7.15. The number of anilines is 1. The first-order valence-corrected chi connectivity index (χ1v) is 8.74. The van der Waals surface area contributed by atoms with Gasteiger partial charge in [0.1, 0.15) is 11.6 Å². The first kappa shape index (κ1) is 16.4. The minimum absolute atomic E-state index is 0.102. The Morgan fingerprint density at radius 3 is 2.58 bits per heavy atom. The molecule has 132 valence electrons. The lowest BCUT2D eigenvalue weighted by atomic mass is 10.1. The summed E-state index contributed by atoms with van der Waals surface area (Å²) in [5.74, 6) is 1.21. The third-order valence-corrected chi connectivity index (χ3v) is 4.67. The van der Waals surface area contributed by atoms with Crippen molar-refractivity contribution in [3.05, 3.63) is 81.8 Å². The van der Waals surface area contributed by atoms with E-state index in [1.807, 2.05) is 32.0 Å². The van der Waals surface area contributed by atoms with Gasteiger partial charge in [-0.1, -0.05) is 30.8 Å². The van der Waals surface area contributed by atoms with Crippen LogP contribution in [0.5, 0.6) is 0 Å². The minimum Gasteiger partial charge on any atom is -0.494 e. The summed E-state index contributed by atoms with van der Waals surface area (Å²) in [5.41, 5.74) is 4.73. The molecule has 1 aromatic carbocycles. The maximum absolute atomic E-state index is 12.7. The van der Waals surface area contributed by atoms with E-state index in [1.165, 1.54) is 11.1 Å². The average Bonchev–Trinajstić information content (AvgIpc) is 3.06. The monoisotopic (exact) mass is 347 g/mol. The van der Waals surface area contributed by atoms with Crippen LogP contribution in [0.2, 0.25) is 0 Å². The maximum atomic E-state index is 12.7. The van der Waals surface area contributed by atoms with E-state index in [9.17, 15) is 4.79 Å². The van der Waals surface area contributed by atoms with E-state index in [0.29, 0.717) is 23.8 Å². The number of pyridine rings is 1. The molecule has 0 radical (unpaired) electrons. The maximum Gasteiger partial charge on any atom is 0.259 e. The molecule has 0 spiro atoms. The second kappa shape index (κ2) is 6.33. The van der Waals surface area contributed by atoms with E-state index in [-0.39, 0.29) is 5.56 Å². The summed E-state index contributed by atoms with van der Waals surface area (Å²) in [6.07, 6.45) is 1.80. The molecule has 0 atom stereocenters. The van der Waals surface area contributed by atoms with Crippen molar-refractivity contribution < 1.29 is 4.74 Å². The third-order valence-electron chi connectivity index (χ3n) is 4.67. The number of nitrogens with zero attached hydrogens (tertiary/aromatic N) is 3. The van der Waals surface area contributed by atoms with Gasteiger partial charge in [0, 0.05) is 25.4 Å².